The Bertz CT molecular complexity index is 1410. The molecule has 0 aliphatic carbocycles. The molecule has 0 radical (unpaired) electrons. The van der Waals surface area contributed by atoms with Crippen LogP contribution in [0.1, 0.15) is 58.0 Å². The van der Waals surface area contributed by atoms with Gasteiger partial charge < -0.3 is 15.2 Å². The quantitative estimate of drug-likeness (QED) is 0.153. The Morgan fingerprint density at radius 2 is 2.05 bits per heavy atom. The van der Waals surface area contributed by atoms with Gasteiger partial charge in [-0.3, -0.25) is 4.90 Å². The van der Waals surface area contributed by atoms with Crippen molar-refractivity contribution in [3.05, 3.63) is 58.1 Å². The highest BCUT2D eigenvalue weighted by molar-refractivity contribution is 7.89. The number of sulfonamides is 1. The van der Waals surface area contributed by atoms with Gasteiger partial charge in [0.2, 0.25) is 10.0 Å². The molecule has 2 fully saturated rings. The number of nitrogens with zero attached hydrogens (tertiary/aromatic N) is 4. The van der Waals surface area contributed by atoms with Gasteiger partial charge in [0.05, 0.1) is 22.1 Å². The molecule has 1 unspecified atom stereocenters. The van der Waals surface area contributed by atoms with E-state index in [-0.39, 0.29) is 17.5 Å². The number of aliphatic hydroxyl groups excluding tert-OH is 1. The van der Waals surface area contributed by atoms with Crippen molar-refractivity contribution in [3.8, 4) is 0 Å². The standard InChI is InChI=1S/C26H32N6O5S/c1-17-12-19(4-7-23(17)28-16-29-30-27)38(35,36)32-10-3-8-26(32)9-11-31(15-26)13-24(33)20-5-6-21-22(18(20)2)14-37-25(21)34/h4-7,12,16,24,33H,3,8-11,13-15H2,1-2H3,(H2,27,28,29)/t24-,26?/m0/s1. The van der Waals surface area contributed by atoms with Gasteiger partial charge in [0.1, 0.15) is 12.9 Å². The van der Waals surface area contributed by atoms with Gasteiger partial charge in [-0.2, -0.15) is 9.84 Å². The zero-order valence-electron chi connectivity index (χ0n) is 21.5. The molecule has 12 heteroatoms. The normalized spacial score (nSPS) is 22.8. The molecule has 3 N–H and O–H groups in total. The molecular weight excluding hydrogens is 508 g/mol. The molecule has 2 saturated heterocycles. The summed E-state index contributed by atoms with van der Waals surface area (Å²) in [5.74, 6) is -0.330. The maximum Gasteiger partial charge on any atom is 0.338 e. The molecule has 38 heavy (non-hydrogen) atoms. The van der Waals surface area contributed by atoms with Crippen molar-refractivity contribution in [2.75, 3.05) is 31.5 Å². The van der Waals surface area contributed by atoms with Crippen molar-refractivity contribution in [2.45, 2.75) is 56.3 Å². The Hall–Kier alpha value is -3.19. The van der Waals surface area contributed by atoms with Crippen molar-refractivity contribution >= 4 is 28.0 Å². The zero-order chi connectivity index (χ0) is 27.1. The number of nitrogens with one attached hydrogen (secondary N) is 2. The third-order valence-electron chi connectivity index (χ3n) is 8.06. The molecule has 2 aromatic rings. The highest BCUT2D eigenvalue weighted by Gasteiger charge is 2.51. The number of carbonyl (C=O) groups excluding carboxylic acids is 1. The molecular formula is C26H32N6O5S. The summed E-state index contributed by atoms with van der Waals surface area (Å²) in [5.41, 5.74) is 10.7. The lowest BCUT2D eigenvalue weighted by molar-refractivity contribution is 0.0535. The van der Waals surface area contributed by atoms with Gasteiger partial charge >= 0.3 is 5.97 Å². The fourth-order valence-electron chi connectivity index (χ4n) is 6.08. The molecule has 5 rings (SSSR count). The molecule has 0 bridgehead atoms. The number of hydrogen-bond acceptors (Lipinski definition) is 8. The van der Waals surface area contributed by atoms with E-state index in [0.29, 0.717) is 43.9 Å². The largest absolute Gasteiger partial charge is 0.457 e. The summed E-state index contributed by atoms with van der Waals surface area (Å²) in [4.78, 5) is 14.2. The fraction of sp³-hybridized carbons (Fsp3) is 0.462. The van der Waals surface area contributed by atoms with Crippen molar-refractivity contribution in [3.63, 3.8) is 0 Å². The maximum absolute atomic E-state index is 13.8. The van der Waals surface area contributed by atoms with Crippen LogP contribution >= 0.6 is 0 Å². The molecule has 3 aliphatic heterocycles. The van der Waals surface area contributed by atoms with E-state index >= 15 is 0 Å². The second-order valence-corrected chi connectivity index (χ2v) is 12.1. The van der Waals surface area contributed by atoms with E-state index in [1.165, 1.54) is 6.34 Å². The number of β-amino-alcohol motifs (C(OH)–C–C–N with tert-alkyl or cyclic N) is 1. The molecule has 11 nitrogen and oxygen atoms in total. The second kappa shape index (κ2) is 10.2. The predicted octanol–water partition coefficient (Wildman–Crippen LogP) is 3.32. The van der Waals surface area contributed by atoms with E-state index in [0.717, 1.165) is 35.1 Å². The van der Waals surface area contributed by atoms with Gasteiger partial charge in [-0.25, -0.2) is 13.2 Å². The first kappa shape index (κ1) is 26.4. The summed E-state index contributed by atoms with van der Waals surface area (Å²) in [6, 6.07) is 8.43. The second-order valence-electron chi connectivity index (χ2n) is 10.3. The third-order valence-corrected chi connectivity index (χ3v) is 10.1. The Kier molecular flexibility index (Phi) is 7.07. The summed E-state index contributed by atoms with van der Waals surface area (Å²) in [5, 5.41) is 20.4. The number of likely N-dealkylation sites (tertiary alicyclic amines) is 1. The van der Waals surface area contributed by atoms with Crippen molar-refractivity contribution < 1.29 is 23.1 Å². The number of rotatable bonds is 8. The minimum atomic E-state index is -3.73. The summed E-state index contributed by atoms with van der Waals surface area (Å²) in [6.45, 7) is 6.04. The number of ether oxygens (including phenoxy) is 1. The molecule has 1 spiro atoms. The fourth-order valence-corrected chi connectivity index (χ4v) is 8.02. The maximum atomic E-state index is 13.8. The Balaban J connectivity index is 1.31. The Labute approximate surface area is 222 Å². The molecule has 2 atom stereocenters. The zero-order valence-corrected chi connectivity index (χ0v) is 22.3. The highest BCUT2D eigenvalue weighted by Crippen LogP contribution is 2.42. The first-order valence-electron chi connectivity index (χ1n) is 12.6. The van der Waals surface area contributed by atoms with Crippen LogP contribution in [0.15, 0.2) is 45.6 Å². The van der Waals surface area contributed by atoms with Crippen molar-refractivity contribution in [1.82, 2.24) is 9.21 Å². The number of fused-ring (bicyclic) bond motifs is 1. The van der Waals surface area contributed by atoms with E-state index in [4.69, 9.17) is 10.3 Å². The lowest BCUT2D eigenvalue weighted by Crippen LogP contribution is -2.49. The van der Waals surface area contributed by atoms with Crippen LogP contribution in [-0.2, 0) is 21.4 Å². The monoisotopic (exact) mass is 540 g/mol. The minimum absolute atomic E-state index is 0.227. The number of anilines is 1. The van der Waals surface area contributed by atoms with E-state index in [1.54, 1.807) is 34.6 Å². The smallest absolute Gasteiger partial charge is 0.338 e. The van der Waals surface area contributed by atoms with Gasteiger partial charge in [-0.15, -0.1) is 5.10 Å². The number of benzene rings is 2. The molecule has 3 heterocycles. The highest BCUT2D eigenvalue weighted by atomic mass is 32.2. The lowest BCUT2D eigenvalue weighted by atomic mass is 9.95. The van der Waals surface area contributed by atoms with Crippen LogP contribution in [-0.4, -0.2) is 66.8 Å². The van der Waals surface area contributed by atoms with Crippen molar-refractivity contribution in [2.24, 2.45) is 10.3 Å². The van der Waals surface area contributed by atoms with Crippen molar-refractivity contribution in [1.29, 1.82) is 5.53 Å². The van der Waals surface area contributed by atoms with Gasteiger partial charge in [0, 0.05) is 37.4 Å². The van der Waals surface area contributed by atoms with E-state index < -0.39 is 21.7 Å². The van der Waals surface area contributed by atoms with Gasteiger partial charge in [0.15, 0.2) is 0 Å². The lowest BCUT2D eigenvalue weighted by Gasteiger charge is -2.34. The van der Waals surface area contributed by atoms with Gasteiger partial charge in [0.25, 0.3) is 0 Å². The summed E-state index contributed by atoms with van der Waals surface area (Å²) in [7, 11) is -3.73. The number of carbonyl (C=O) groups is 1. The average Bonchev–Trinajstić information content (AvgIpc) is 3.60. The average molecular weight is 541 g/mol. The molecule has 3 aliphatic rings. The van der Waals surface area contributed by atoms with E-state index in [9.17, 15) is 18.3 Å². The molecule has 0 saturated carbocycles. The van der Waals surface area contributed by atoms with E-state index in [2.05, 4.69) is 20.5 Å². The summed E-state index contributed by atoms with van der Waals surface area (Å²) < 4.78 is 34.4. The van der Waals surface area contributed by atoms with Crippen LogP contribution < -0.4 is 5.32 Å². The van der Waals surface area contributed by atoms with E-state index in [1.807, 2.05) is 13.8 Å². The van der Waals surface area contributed by atoms with Crippen LogP contribution in [0.25, 0.3) is 0 Å². The molecule has 2 aromatic carbocycles. The molecule has 202 valence electrons. The topological polar surface area (TPSA) is 148 Å². The predicted molar refractivity (Wildman–Crippen MR) is 141 cm³/mol. The molecule has 0 amide bonds. The minimum Gasteiger partial charge on any atom is -0.457 e. The van der Waals surface area contributed by atoms with Crippen LogP contribution in [0.4, 0.5) is 5.69 Å². The Morgan fingerprint density at radius 3 is 2.82 bits per heavy atom. The third kappa shape index (κ3) is 4.62. The first-order valence-corrected chi connectivity index (χ1v) is 14.1. The van der Waals surface area contributed by atoms with Gasteiger partial charge in [-0.05, 0) is 74.1 Å². The number of hydrogen-bond donors (Lipinski definition) is 3. The SMILES string of the molecule is Cc1cc(S(=O)(=O)N2CCCC23CCN(C[C@H](O)c2ccc4c(c2C)COC4=O)C3)ccc1N/C=N\N=N. The molecule has 0 aromatic heterocycles. The van der Waals surface area contributed by atoms with Gasteiger partial charge in [-0.1, -0.05) is 11.3 Å². The van der Waals surface area contributed by atoms with Crippen LogP contribution in [0.2, 0.25) is 0 Å². The number of aliphatic hydroxyl groups is 1. The summed E-state index contributed by atoms with van der Waals surface area (Å²) in [6.07, 6.45) is 2.79. The van der Waals surface area contributed by atoms with Crippen LogP contribution in [0, 0.1) is 19.4 Å². The van der Waals surface area contributed by atoms with Crippen LogP contribution in [0.3, 0.4) is 0 Å². The summed E-state index contributed by atoms with van der Waals surface area (Å²) >= 11 is 0. The first-order chi connectivity index (χ1) is 18.2. The Morgan fingerprint density at radius 1 is 1.24 bits per heavy atom. The number of esters is 1. The van der Waals surface area contributed by atoms with Crippen LogP contribution in [0.5, 0.6) is 0 Å². The number of cyclic esters (lactones) is 1. The number of aryl methyl sites for hydroxylation is 1.